The van der Waals surface area contributed by atoms with Crippen LogP contribution in [0.15, 0.2) is 12.7 Å². The number of hydrogen-bond acceptors (Lipinski definition) is 3. The molecule has 0 N–H and O–H groups in total. The number of allylic oxidation sites excluding steroid dienone is 1. The molecule has 0 bridgehead atoms. The quantitative estimate of drug-likeness (QED) is 0.0446. The van der Waals surface area contributed by atoms with Crippen LogP contribution in [-0.4, -0.2) is 118 Å². The Balaban J connectivity index is -0.0000000401. The van der Waals surface area contributed by atoms with Gasteiger partial charge in [0.15, 0.2) is 0 Å². The summed E-state index contributed by atoms with van der Waals surface area (Å²) in [4.78, 5) is 0. The highest BCUT2D eigenvalue weighted by molar-refractivity contribution is 6.09. The molecule has 0 aliphatic carbocycles. The first-order valence-corrected chi connectivity index (χ1v) is 30.7. The Hall–Kier alpha value is 0.298. The molecule has 0 heterocycles. The van der Waals surface area contributed by atoms with E-state index in [0.29, 0.717) is 10.2 Å². The van der Waals surface area contributed by atoms with Crippen LogP contribution in [0.1, 0.15) is 119 Å². The van der Waals surface area contributed by atoms with E-state index in [-0.39, 0.29) is 6.04 Å². The lowest BCUT2D eigenvalue weighted by atomic mass is 10.0. The molecule has 57 heavy (non-hydrogen) atoms. The third kappa shape index (κ3) is 207. The lowest BCUT2D eigenvalue weighted by Crippen LogP contribution is -2.06. The van der Waals surface area contributed by atoms with Crippen molar-refractivity contribution in [1.29, 1.82) is 0 Å². The number of alkyl halides is 2. The predicted octanol–water partition coefficient (Wildman–Crippen LogP) is 8.51. The molecule has 0 radical (unpaired) electrons. The predicted molar refractivity (Wildman–Crippen MR) is 256 cm³/mol. The average molecular weight is 988 g/mol. The molecule has 0 aromatic heterocycles. The summed E-state index contributed by atoms with van der Waals surface area (Å²) in [7, 11) is 10.5. The molecular formula is C35H94F12O3Si7. The summed E-state index contributed by atoms with van der Waals surface area (Å²) in [6, 6.07) is 8.68. The minimum Gasteiger partial charge on any atom is -0.382 e. The van der Waals surface area contributed by atoms with Gasteiger partial charge in [0.2, 0.25) is 5.92 Å². The van der Waals surface area contributed by atoms with Crippen molar-refractivity contribution < 1.29 is 68.7 Å². The lowest BCUT2D eigenvalue weighted by Gasteiger charge is -2.08. The normalized spacial score (nSPS) is 8.91. The number of halogens is 12. The number of methoxy groups -OCH3 is 1. The van der Waals surface area contributed by atoms with Gasteiger partial charge in [-0.3, -0.25) is 0 Å². The highest BCUT2D eigenvalue weighted by Gasteiger charge is 2.15. The Kier molecular flexibility index (Phi) is 192. The molecule has 3 nitrogen and oxygen atoms in total. The second-order valence-electron chi connectivity index (χ2n) is 11.9. The van der Waals surface area contributed by atoms with Gasteiger partial charge < -0.3 is 14.2 Å². The van der Waals surface area contributed by atoms with Crippen LogP contribution in [0, 0.1) is 5.92 Å². The first-order valence-electron chi connectivity index (χ1n) is 20.8. The zero-order chi connectivity index (χ0) is 47.9. The third-order valence-corrected chi connectivity index (χ3v) is 12.2. The molecule has 0 amide bonds. The first kappa shape index (κ1) is 88.5. The molecule has 0 aromatic carbocycles. The molecule has 0 rings (SSSR count). The van der Waals surface area contributed by atoms with Crippen molar-refractivity contribution in [2.24, 2.45) is 5.92 Å². The van der Waals surface area contributed by atoms with Crippen LogP contribution in [0.2, 0.25) is 42.3 Å². The number of unbranched alkanes of at least 4 members (excludes halogenated alkanes) is 4. The molecular weight excluding hydrogens is 893 g/mol. The van der Waals surface area contributed by atoms with Crippen molar-refractivity contribution in [2.45, 2.75) is 167 Å². The monoisotopic (exact) mass is 987 g/mol. The average Bonchev–Trinajstić information content (AvgIpc) is 3.26. The Labute approximate surface area is 364 Å². The molecule has 0 atom stereocenters. The summed E-state index contributed by atoms with van der Waals surface area (Å²) in [5.74, 6) is -1.36. The van der Waals surface area contributed by atoms with E-state index in [1.54, 1.807) is 7.11 Å². The number of ether oxygens (including phenoxy) is 3. The Morgan fingerprint density at radius 2 is 0.895 bits per heavy atom. The summed E-state index contributed by atoms with van der Waals surface area (Å²) in [5, 5.41) is 0. The van der Waals surface area contributed by atoms with Gasteiger partial charge in [0.1, 0.15) is 0 Å². The second-order valence-corrected chi connectivity index (χ2v) is 18.6. The fourth-order valence-corrected chi connectivity index (χ4v) is 6.20. The number of hydrogen-bond donors (Lipinski definition) is 0. The summed E-state index contributed by atoms with van der Waals surface area (Å²) >= 11 is 0. The standard InChI is InChI=1S/C7H18Si.C6H16O2Si.C5H14OSi.C5H14Si.C5H12Si.C4H12Si.C3H8F2Si.5F2/c1-3-7(4-2)5-6-8;1-7-4-5-8-3-2-6-9;1-2-6-4-3-5-7;2*1-2-3-4-5-6;1-2-3-4-5;1-3(4,5)2-6;5*1-2/h7H,3-6H2,1-2,8H3;2-6H2,1,9H3;2-5H2,1,7H3;2-5H2,1,6H3;2H,1,3-5H2,6H3;2-4H2,1,5H3;2H2,1,6H3;;;;;. The van der Waals surface area contributed by atoms with E-state index in [1.165, 1.54) is 175 Å². The largest absolute Gasteiger partial charge is 0.382 e. The molecule has 0 spiro atoms. The fraction of sp³-hybridized carbons (Fsp3) is 0.943. The van der Waals surface area contributed by atoms with E-state index in [4.69, 9.17) is 60.0 Å². The lowest BCUT2D eigenvalue weighted by molar-refractivity contribution is 0.0444. The molecule has 364 valence electrons. The maximum Gasteiger partial charge on any atom is 0.242 e. The first-order chi connectivity index (χ1) is 27.5. The highest BCUT2D eigenvalue weighted by Crippen LogP contribution is 2.14. The number of rotatable bonds is 23. The van der Waals surface area contributed by atoms with E-state index >= 15 is 0 Å². The fourth-order valence-electron chi connectivity index (χ4n) is 3.19. The van der Waals surface area contributed by atoms with Gasteiger partial charge in [0, 0.05) is 144 Å². The molecule has 0 aliphatic rings. The van der Waals surface area contributed by atoms with Crippen LogP contribution in [0.4, 0.5) is 54.5 Å². The van der Waals surface area contributed by atoms with Crippen LogP contribution >= 0.6 is 0 Å². The maximum absolute atomic E-state index is 11.5. The van der Waals surface area contributed by atoms with Gasteiger partial charge in [0.25, 0.3) is 0 Å². The van der Waals surface area contributed by atoms with Crippen molar-refractivity contribution in [2.75, 3.05) is 40.1 Å². The van der Waals surface area contributed by atoms with Crippen molar-refractivity contribution >= 4 is 71.7 Å². The van der Waals surface area contributed by atoms with Crippen molar-refractivity contribution in [3.05, 3.63) is 12.7 Å². The molecule has 0 fully saturated rings. The minimum absolute atomic E-state index is 0.0764. The molecule has 0 aliphatic heterocycles. The van der Waals surface area contributed by atoms with E-state index < -0.39 is 5.92 Å². The zero-order valence-corrected chi connectivity index (χ0v) is 53.1. The summed E-state index contributed by atoms with van der Waals surface area (Å²) in [5.41, 5.74) is 0. The van der Waals surface area contributed by atoms with E-state index in [0.717, 1.165) is 45.9 Å². The Morgan fingerprint density at radius 1 is 0.526 bits per heavy atom. The van der Waals surface area contributed by atoms with Gasteiger partial charge in [-0.15, -0.1) is 6.58 Å². The van der Waals surface area contributed by atoms with Crippen LogP contribution in [0.25, 0.3) is 0 Å². The van der Waals surface area contributed by atoms with E-state index in [9.17, 15) is 8.78 Å². The van der Waals surface area contributed by atoms with Crippen LogP contribution in [0.3, 0.4) is 0 Å². The molecule has 0 saturated heterocycles. The van der Waals surface area contributed by atoms with Gasteiger partial charge in [-0.05, 0) is 45.1 Å². The summed E-state index contributed by atoms with van der Waals surface area (Å²) < 4.78 is 118. The van der Waals surface area contributed by atoms with Gasteiger partial charge >= 0.3 is 0 Å². The van der Waals surface area contributed by atoms with E-state index in [2.05, 4.69) is 34.3 Å². The second kappa shape index (κ2) is 124. The minimum atomic E-state index is -2.40. The van der Waals surface area contributed by atoms with Gasteiger partial charge in [-0.25, -0.2) is 8.78 Å². The van der Waals surface area contributed by atoms with Crippen molar-refractivity contribution in [3.8, 4) is 0 Å². The SMILES string of the molecule is C=CCCC[SiH3].CC(F)(F)C[SiH3].CCC(CC)CC[SiH3].CCCCC[SiH3].CCCC[SiH3].CCOCCC[SiH3].COCCOCCC[SiH3].FF.FF.FF.FF.FF. The van der Waals surface area contributed by atoms with Crippen molar-refractivity contribution in [3.63, 3.8) is 0 Å². The Bertz CT molecular complexity index is 466. The topological polar surface area (TPSA) is 27.7 Å². The Morgan fingerprint density at radius 3 is 1.07 bits per heavy atom. The summed E-state index contributed by atoms with van der Waals surface area (Å²) in [6.07, 6.45) is 18.4. The maximum atomic E-state index is 11.5. The molecule has 22 heteroatoms. The van der Waals surface area contributed by atoms with E-state index in [1.807, 2.05) is 13.0 Å². The summed E-state index contributed by atoms with van der Waals surface area (Å²) in [6.45, 7) is 19.9. The molecule has 0 saturated carbocycles. The van der Waals surface area contributed by atoms with Gasteiger partial charge in [0.05, 0.1) is 13.2 Å². The highest BCUT2D eigenvalue weighted by atomic mass is 28.2. The van der Waals surface area contributed by atoms with Crippen molar-refractivity contribution in [1.82, 2.24) is 0 Å². The van der Waals surface area contributed by atoms with Gasteiger partial charge in [-0.2, -0.15) is 0 Å². The van der Waals surface area contributed by atoms with Gasteiger partial charge in [-0.1, -0.05) is 128 Å². The third-order valence-electron chi connectivity index (χ3n) is 6.82. The van der Waals surface area contributed by atoms with Crippen LogP contribution < -0.4 is 0 Å². The smallest absolute Gasteiger partial charge is 0.242 e. The molecule has 0 unspecified atom stereocenters. The zero-order valence-electron chi connectivity index (χ0n) is 39.1. The van der Waals surface area contributed by atoms with Crippen LogP contribution in [-0.2, 0) is 14.2 Å². The molecule has 0 aromatic rings. The van der Waals surface area contributed by atoms with Crippen LogP contribution in [0.5, 0.6) is 0 Å².